The molecule has 0 atom stereocenters. The van der Waals surface area contributed by atoms with Crippen molar-refractivity contribution in [2.45, 2.75) is 17.3 Å². The lowest BCUT2D eigenvalue weighted by atomic mass is 10.2. The molecule has 2 N–H and O–H groups in total. The van der Waals surface area contributed by atoms with Gasteiger partial charge in [-0.2, -0.15) is 5.10 Å². The molecular formula is C22H18N6OS. The number of hydrogen-bond acceptors (Lipinski definition) is 5. The topological polar surface area (TPSA) is 88.5 Å². The molecular weight excluding hydrogens is 396 g/mol. The molecule has 1 amide bonds. The van der Waals surface area contributed by atoms with Crippen molar-refractivity contribution >= 4 is 45.3 Å². The summed E-state index contributed by atoms with van der Waals surface area (Å²) < 4.78 is 1.95. The molecule has 0 radical (unpaired) electrons. The van der Waals surface area contributed by atoms with Gasteiger partial charge in [-0.1, -0.05) is 30.3 Å². The first-order chi connectivity index (χ1) is 14.8. The van der Waals surface area contributed by atoms with Crippen LogP contribution in [0.2, 0.25) is 0 Å². The second-order valence-corrected chi connectivity index (χ2v) is 7.81. The molecule has 3 aromatic heterocycles. The van der Waals surface area contributed by atoms with Gasteiger partial charge in [0, 0.05) is 23.2 Å². The molecule has 0 aliphatic rings. The number of nitrogens with one attached hydrogen (secondary N) is 2. The summed E-state index contributed by atoms with van der Waals surface area (Å²) in [5.41, 5.74) is 3.66. The van der Waals surface area contributed by atoms with E-state index in [-0.39, 0.29) is 12.5 Å². The minimum Gasteiger partial charge on any atom is -0.338 e. The summed E-state index contributed by atoms with van der Waals surface area (Å²) in [6, 6.07) is 17.9. The van der Waals surface area contributed by atoms with E-state index in [1.165, 1.54) is 6.33 Å². The Morgan fingerprint density at radius 2 is 2.03 bits per heavy atom. The molecule has 5 aromatic rings. The van der Waals surface area contributed by atoms with Crippen molar-refractivity contribution in [2.75, 3.05) is 5.32 Å². The largest absolute Gasteiger partial charge is 0.338 e. The normalized spacial score (nSPS) is 11.2. The quantitative estimate of drug-likeness (QED) is 0.320. The van der Waals surface area contributed by atoms with Crippen LogP contribution >= 0.6 is 11.8 Å². The van der Waals surface area contributed by atoms with Gasteiger partial charge in [0.25, 0.3) is 0 Å². The third-order valence-electron chi connectivity index (χ3n) is 4.79. The van der Waals surface area contributed by atoms with Crippen LogP contribution in [0.5, 0.6) is 0 Å². The molecule has 5 rings (SSSR count). The Labute approximate surface area is 176 Å². The summed E-state index contributed by atoms with van der Waals surface area (Å²) in [6.07, 6.45) is 5.21. The number of thioether (sulfide) groups is 1. The Morgan fingerprint density at radius 1 is 1.10 bits per heavy atom. The first kappa shape index (κ1) is 18.4. The molecule has 7 nitrogen and oxygen atoms in total. The zero-order valence-corrected chi connectivity index (χ0v) is 16.8. The average Bonchev–Trinajstić information content (AvgIpc) is 3.40. The van der Waals surface area contributed by atoms with Crippen LogP contribution in [0.3, 0.4) is 0 Å². The van der Waals surface area contributed by atoms with Crippen molar-refractivity contribution in [1.29, 1.82) is 0 Å². The Hall–Kier alpha value is -3.65. The summed E-state index contributed by atoms with van der Waals surface area (Å²) in [5.74, 6) is 0.667. The lowest BCUT2D eigenvalue weighted by Gasteiger charge is -2.09. The van der Waals surface area contributed by atoms with Gasteiger partial charge in [-0.05, 0) is 35.2 Å². The predicted octanol–water partition coefficient (Wildman–Crippen LogP) is 4.24. The number of aromatic nitrogens is 5. The highest BCUT2D eigenvalue weighted by molar-refractivity contribution is 7.98. The fraction of sp³-hybridized carbons (Fsp3) is 0.0909. The molecule has 0 fully saturated rings. The minimum atomic E-state index is -0.0583. The number of para-hydroxylation sites is 1. The summed E-state index contributed by atoms with van der Waals surface area (Å²) in [6.45, 7) is 0.270. The van der Waals surface area contributed by atoms with Crippen molar-refractivity contribution in [1.82, 2.24) is 24.7 Å². The maximum absolute atomic E-state index is 12.6. The first-order valence-electron chi connectivity index (χ1n) is 9.46. The van der Waals surface area contributed by atoms with Gasteiger partial charge in [-0.25, -0.2) is 9.97 Å². The lowest BCUT2D eigenvalue weighted by Crippen LogP contribution is -2.18. The van der Waals surface area contributed by atoms with Crippen LogP contribution in [0.1, 0.15) is 5.56 Å². The Kier molecular flexibility index (Phi) is 4.90. The van der Waals surface area contributed by atoms with Gasteiger partial charge in [-0.15, -0.1) is 11.8 Å². The molecule has 0 bridgehead atoms. The molecule has 2 aromatic carbocycles. The van der Waals surface area contributed by atoms with Crippen LogP contribution in [-0.2, 0) is 17.1 Å². The average molecular weight is 414 g/mol. The van der Waals surface area contributed by atoms with Crippen LogP contribution < -0.4 is 5.32 Å². The molecule has 0 saturated heterocycles. The minimum absolute atomic E-state index is 0.0583. The van der Waals surface area contributed by atoms with Crippen molar-refractivity contribution in [2.24, 2.45) is 0 Å². The Morgan fingerprint density at radius 3 is 3.00 bits per heavy atom. The highest BCUT2D eigenvalue weighted by Crippen LogP contribution is 2.27. The molecule has 0 spiro atoms. The van der Waals surface area contributed by atoms with Gasteiger partial charge in [0.2, 0.25) is 5.91 Å². The molecule has 0 saturated carbocycles. The predicted molar refractivity (Wildman–Crippen MR) is 118 cm³/mol. The molecule has 0 aliphatic carbocycles. The van der Waals surface area contributed by atoms with Crippen molar-refractivity contribution in [3.8, 4) is 0 Å². The van der Waals surface area contributed by atoms with E-state index in [2.05, 4.69) is 25.5 Å². The van der Waals surface area contributed by atoms with E-state index in [1.54, 1.807) is 18.0 Å². The summed E-state index contributed by atoms with van der Waals surface area (Å²) in [5, 5.41) is 12.8. The molecule has 8 heteroatoms. The number of carbonyl (C=O) groups excluding carboxylic acids is 1. The maximum atomic E-state index is 12.6. The Bertz CT molecular complexity index is 1340. The number of nitrogens with zero attached hydrogens (tertiary/aromatic N) is 4. The second kappa shape index (κ2) is 8.00. The van der Waals surface area contributed by atoms with Crippen LogP contribution in [0, 0.1) is 0 Å². The molecule has 0 unspecified atom stereocenters. The van der Waals surface area contributed by atoms with Crippen molar-refractivity contribution in [3.05, 3.63) is 78.9 Å². The lowest BCUT2D eigenvalue weighted by molar-refractivity contribution is -0.116. The van der Waals surface area contributed by atoms with E-state index < -0.39 is 0 Å². The Balaban J connectivity index is 1.25. The van der Waals surface area contributed by atoms with Crippen LogP contribution in [0.15, 0.2) is 78.3 Å². The zero-order valence-electron chi connectivity index (χ0n) is 15.9. The van der Waals surface area contributed by atoms with Crippen LogP contribution in [0.4, 0.5) is 5.69 Å². The second-order valence-electron chi connectivity index (χ2n) is 6.85. The van der Waals surface area contributed by atoms with E-state index in [0.717, 1.165) is 44.0 Å². The SMILES string of the molecule is O=C(Cn1ccc2ccccc21)Nc1cccc(CSc2ncnc3[nH]ncc23)c1. The third-order valence-corrected chi connectivity index (χ3v) is 5.87. The van der Waals surface area contributed by atoms with Gasteiger partial charge < -0.3 is 9.88 Å². The fourth-order valence-corrected chi connectivity index (χ4v) is 4.29. The summed E-state index contributed by atoms with van der Waals surface area (Å²) in [7, 11) is 0. The van der Waals surface area contributed by atoms with E-state index in [4.69, 9.17) is 0 Å². The number of fused-ring (bicyclic) bond motifs is 2. The van der Waals surface area contributed by atoms with Gasteiger partial charge in [0.1, 0.15) is 17.9 Å². The highest BCUT2D eigenvalue weighted by atomic mass is 32.2. The van der Waals surface area contributed by atoms with E-state index >= 15 is 0 Å². The van der Waals surface area contributed by atoms with Crippen LogP contribution in [0.25, 0.3) is 21.9 Å². The molecule has 3 heterocycles. The number of rotatable bonds is 6. The van der Waals surface area contributed by atoms with E-state index in [0.29, 0.717) is 0 Å². The number of amides is 1. The third kappa shape index (κ3) is 3.77. The van der Waals surface area contributed by atoms with Crippen molar-refractivity contribution < 1.29 is 4.79 Å². The number of hydrogen-bond donors (Lipinski definition) is 2. The van der Waals surface area contributed by atoms with E-state index in [1.807, 2.05) is 65.4 Å². The highest BCUT2D eigenvalue weighted by Gasteiger charge is 2.09. The van der Waals surface area contributed by atoms with Gasteiger partial charge >= 0.3 is 0 Å². The number of aromatic amines is 1. The standard InChI is InChI=1S/C22H18N6OS/c29-20(12-28-9-8-16-5-1-2-7-19(16)28)26-17-6-3-4-15(10-17)13-30-22-18-11-25-27-21(18)23-14-24-22/h1-11,14H,12-13H2,(H,26,29)(H,23,24,25,27). The molecule has 148 valence electrons. The zero-order chi connectivity index (χ0) is 20.3. The first-order valence-corrected chi connectivity index (χ1v) is 10.4. The number of benzene rings is 2. The van der Waals surface area contributed by atoms with Crippen LogP contribution in [-0.4, -0.2) is 30.6 Å². The number of H-pyrrole nitrogens is 1. The van der Waals surface area contributed by atoms with E-state index in [9.17, 15) is 4.79 Å². The smallest absolute Gasteiger partial charge is 0.244 e. The van der Waals surface area contributed by atoms with Gasteiger partial charge in [0.05, 0.1) is 11.6 Å². The molecule has 0 aliphatic heterocycles. The molecule has 30 heavy (non-hydrogen) atoms. The summed E-state index contributed by atoms with van der Waals surface area (Å²) in [4.78, 5) is 21.1. The monoisotopic (exact) mass is 414 g/mol. The number of carbonyl (C=O) groups is 1. The van der Waals surface area contributed by atoms with Gasteiger partial charge in [0.15, 0.2) is 5.65 Å². The maximum Gasteiger partial charge on any atom is 0.244 e. The fourth-order valence-electron chi connectivity index (χ4n) is 3.38. The number of anilines is 1. The van der Waals surface area contributed by atoms with Crippen molar-refractivity contribution in [3.63, 3.8) is 0 Å². The summed E-state index contributed by atoms with van der Waals surface area (Å²) >= 11 is 1.61. The van der Waals surface area contributed by atoms with Gasteiger partial charge in [-0.3, -0.25) is 9.89 Å².